The molecule has 2 heteroatoms. The van der Waals surface area contributed by atoms with Gasteiger partial charge in [-0.3, -0.25) is 4.79 Å². The molecule has 0 aromatic rings. The standard InChI is InChI=1S/C38H64O2/c1-8-10-11-12-13-14-15-36(39)40-31-22-24-37(6)30(26-31)18-19-32-34-21-20-33(38(34,7)25-23-35(32)37)28(5)16-17-29(9-2)27(3)4/h10-11,18,27-29,31-35H,8-9,12-17,19-26H2,1-7H3/b11-10-. The van der Waals surface area contributed by atoms with Crippen LogP contribution in [0.15, 0.2) is 23.8 Å². The average Bonchev–Trinajstić information content (AvgIpc) is 3.28. The number of allylic oxidation sites excluding steroid dienone is 3. The summed E-state index contributed by atoms with van der Waals surface area (Å²) >= 11 is 0. The van der Waals surface area contributed by atoms with E-state index in [0.717, 1.165) is 80.0 Å². The summed E-state index contributed by atoms with van der Waals surface area (Å²) < 4.78 is 6.04. The van der Waals surface area contributed by atoms with Crippen molar-refractivity contribution in [2.24, 2.45) is 52.3 Å². The zero-order chi connectivity index (χ0) is 28.9. The van der Waals surface area contributed by atoms with Gasteiger partial charge in [-0.25, -0.2) is 0 Å². The van der Waals surface area contributed by atoms with Gasteiger partial charge in [0.25, 0.3) is 0 Å². The van der Waals surface area contributed by atoms with Gasteiger partial charge in [-0.2, -0.15) is 0 Å². The average molecular weight is 553 g/mol. The van der Waals surface area contributed by atoms with Crippen LogP contribution in [-0.4, -0.2) is 12.1 Å². The SMILES string of the molecule is CC/C=C\CCCCC(=O)OC1CCC2(C)C(=CCC3C2CCC2(C)C(C(C)CCC(CC)C(C)C)CCC32)C1. The summed E-state index contributed by atoms with van der Waals surface area (Å²) in [6.07, 6.45) is 26.4. The number of carbonyl (C=O) groups excluding carboxylic acids is 1. The van der Waals surface area contributed by atoms with Gasteiger partial charge in [-0.15, -0.1) is 0 Å². The number of ether oxygens (including phenoxy) is 1. The summed E-state index contributed by atoms with van der Waals surface area (Å²) in [5.74, 6) is 6.13. The predicted octanol–water partition coefficient (Wildman–Crippen LogP) is 11.1. The lowest BCUT2D eigenvalue weighted by atomic mass is 9.47. The second-order valence-corrected chi connectivity index (χ2v) is 15.4. The number of unbranched alkanes of at least 4 members (excludes halogenated alkanes) is 2. The molecule has 228 valence electrons. The van der Waals surface area contributed by atoms with Crippen molar-refractivity contribution >= 4 is 5.97 Å². The Labute approximate surface area is 248 Å². The summed E-state index contributed by atoms with van der Waals surface area (Å²) in [6.45, 7) is 17.3. The third-order valence-electron chi connectivity index (χ3n) is 13.0. The second-order valence-electron chi connectivity index (χ2n) is 15.4. The Hall–Kier alpha value is -1.05. The molecule has 40 heavy (non-hydrogen) atoms. The van der Waals surface area contributed by atoms with Crippen LogP contribution in [0.1, 0.15) is 151 Å². The monoisotopic (exact) mass is 552 g/mol. The van der Waals surface area contributed by atoms with Crippen LogP contribution < -0.4 is 0 Å². The Kier molecular flexibility index (Phi) is 11.1. The van der Waals surface area contributed by atoms with E-state index in [1.165, 1.54) is 57.8 Å². The zero-order valence-electron chi connectivity index (χ0n) is 27.5. The lowest BCUT2D eigenvalue weighted by Gasteiger charge is -2.58. The molecule has 0 heterocycles. The quantitative estimate of drug-likeness (QED) is 0.129. The highest BCUT2D eigenvalue weighted by Gasteiger charge is 2.59. The molecule has 0 aromatic heterocycles. The first kappa shape index (κ1) is 31.9. The zero-order valence-corrected chi connectivity index (χ0v) is 27.5. The van der Waals surface area contributed by atoms with Gasteiger partial charge in [-0.05, 0) is 129 Å². The molecule has 2 nitrogen and oxygen atoms in total. The Morgan fingerprint density at radius 1 is 1.00 bits per heavy atom. The molecular formula is C38H64O2. The molecule has 3 fully saturated rings. The molecule has 0 amide bonds. The summed E-state index contributed by atoms with van der Waals surface area (Å²) in [7, 11) is 0. The van der Waals surface area contributed by atoms with Gasteiger partial charge in [0, 0.05) is 12.8 Å². The molecule has 4 aliphatic carbocycles. The maximum atomic E-state index is 12.6. The summed E-state index contributed by atoms with van der Waals surface area (Å²) in [6, 6.07) is 0. The van der Waals surface area contributed by atoms with E-state index in [4.69, 9.17) is 4.74 Å². The van der Waals surface area contributed by atoms with Gasteiger partial charge in [0.1, 0.15) is 6.10 Å². The van der Waals surface area contributed by atoms with Crippen LogP contribution in [0.2, 0.25) is 0 Å². The third-order valence-corrected chi connectivity index (χ3v) is 13.0. The third kappa shape index (κ3) is 6.78. The summed E-state index contributed by atoms with van der Waals surface area (Å²) in [5.41, 5.74) is 2.50. The van der Waals surface area contributed by atoms with E-state index >= 15 is 0 Å². The minimum Gasteiger partial charge on any atom is -0.462 e. The molecule has 0 bridgehead atoms. The maximum Gasteiger partial charge on any atom is 0.306 e. The number of hydrogen-bond acceptors (Lipinski definition) is 2. The molecule has 9 unspecified atom stereocenters. The topological polar surface area (TPSA) is 26.3 Å². The van der Waals surface area contributed by atoms with Crippen LogP contribution in [0.4, 0.5) is 0 Å². The van der Waals surface area contributed by atoms with Gasteiger partial charge in [0.15, 0.2) is 0 Å². The molecule has 4 rings (SSSR count). The number of hydrogen-bond donors (Lipinski definition) is 0. The Bertz CT molecular complexity index is 884. The van der Waals surface area contributed by atoms with Crippen LogP contribution in [0.3, 0.4) is 0 Å². The normalized spacial score (nSPS) is 37.0. The molecule has 3 saturated carbocycles. The van der Waals surface area contributed by atoms with Crippen molar-refractivity contribution in [1.82, 2.24) is 0 Å². The molecule has 0 aliphatic heterocycles. The molecule has 0 spiro atoms. The van der Waals surface area contributed by atoms with E-state index in [2.05, 4.69) is 66.7 Å². The molecule has 0 aromatic carbocycles. The number of carbonyl (C=O) groups is 1. The van der Waals surface area contributed by atoms with E-state index < -0.39 is 0 Å². The minimum absolute atomic E-state index is 0.0283. The Morgan fingerprint density at radius 3 is 2.52 bits per heavy atom. The lowest BCUT2D eigenvalue weighted by molar-refractivity contribution is -0.151. The van der Waals surface area contributed by atoms with E-state index in [-0.39, 0.29) is 12.1 Å². The Balaban J connectivity index is 1.33. The van der Waals surface area contributed by atoms with Crippen LogP contribution in [0.25, 0.3) is 0 Å². The van der Waals surface area contributed by atoms with Crippen LogP contribution in [0, 0.1) is 52.3 Å². The van der Waals surface area contributed by atoms with Crippen molar-refractivity contribution in [3.63, 3.8) is 0 Å². The fourth-order valence-corrected chi connectivity index (χ4v) is 10.5. The molecule has 0 N–H and O–H groups in total. The van der Waals surface area contributed by atoms with Crippen molar-refractivity contribution in [3.05, 3.63) is 23.8 Å². The molecule has 9 atom stereocenters. The highest BCUT2D eigenvalue weighted by Crippen LogP contribution is 2.67. The van der Waals surface area contributed by atoms with Gasteiger partial charge >= 0.3 is 5.97 Å². The first-order valence-corrected chi connectivity index (χ1v) is 17.7. The van der Waals surface area contributed by atoms with Crippen LogP contribution >= 0.6 is 0 Å². The van der Waals surface area contributed by atoms with Crippen molar-refractivity contribution in [2.45, 2.75) is 157 Å². The van der Waals surface area contributed by atoms with Crippen LogP contribution in [-0.2, 0) is 9.53 Å². The van der Waals surface area contributed by atoms with Crippen molar-refractivity contribution in [2.75, 3.05) is 0 Å². The largest absolute Gasteiger partial charge is 0.462 e. The predicted molar refractivity (Wildman–Crippen MR) is 170 cm³/mol. The first-order valence-electron chi connectivity index (χ1n) is 17.7. The van der Waals surface area contributed by atoms with Gasteiger partial charge in [0.05, 0.1) is 0 Å². The van der Waals surface area contributed by atoms with E-state index in [9.17, 15) is 4.79 Å². The smallest absolute Gasteiger partial charge is 0.306 e. The maximum absolute atomic E-state index is 12.6. The van der Waals surface area contributed by atoms with Crippen molar-refractivity contribution in [1.29, 1.82) is 0 Å². The van der Waals surface area contributed by atoms with E-state index in [1.54, 1.807) is 5.57 Å². The van der Waals surface area contributed by atoms with Gasteiger partial charge < -0.3 is 4.74 Å². The number of fused-ring (bicyclic) bond motifs is 5. The first-order chi connectivity index (χ1) is 19.1. The molecule has 0 radical (unpaired) electrons. The van der Waals surface area contributed by atoms with E-state index in [1.807, 2.05) is 0 Å². The highest BCUT2D eigenvalue weighted by atomic mass is 16.5. The highest BCUT2D eigenvalue weighted by molar-refractivity contribution is 5.69. The van der Waals surface area contributed by atoms with Crippen molar-refractivity contribution in [3.8, 4) is 0 Å². The number of esters is 1. The van der Waals surface area contributed by atoms with Gasteiger partial charge in [-0.1, -0.05) is 85.1 Å². The lowest BCUT2D eigenvalue weighted by Crippen LogP contribution is -2.51. The molecular weight excluding hydrogens is 488 g/mol. The van der Waals surface area contributed by atoms with Crippen LogP contribution in [0.5, 0.6) is 0 Å². The molecule has 4 aliphatic rings. The summed E-state index contributed by atoms with van der Waals surface area (Å²) in [4.78, 5) is 12.6. The fraction of sp³-hybridized carbons (Fsp3) is 0.868. The minimum atomic E-state index is 0.0283. The van der Waals surface area contributed by atoms with E-state index in [0.29, 0.717) is 17.3 Å². The second kappa shape index (κ2) is 13.9. The Morgan fingerprint density at radius 2 is 1.80 bits per heavy atom. The summed E-state index contributed by atoms with van der Waals surface area (Å²) in [5, 5.41) is 0. The van der Waals surface area contributed by atoms with Gasteiger partial charge in [0.2, 0.25) is 0 Å². The number of rotatable bonds is 13. The fourth-order valence-electron chi connectivity index (χ4n) is 10.5. The molecule has 0 saturated heterocycles. The van der Waals surface area contributed by atoms with Crippen molar-refractivity contribution < 1.29 is 9.53 Å².